The third-order valence-corrected chi connectivity index (χ3v) is 15.3. The average Bonchev–Trinajstić information content (AvgIpc) is 3.62. The normalized spacial score (nSPS) is 17.8. The smallest absolute Gasteiger partial charge is 0.131 e. The zero-order valence-corrected chi connectivity index (χ0v) is 38.0. The first kappa shape index (κ1) is 41.2. The molecule has 0 heterocycles. The second-order valence-electron chi connectivity index (χ2n) is 21.4. The van der Waals surface area contributed by atoms with E-state index in [2.05, 4.69) is 187 Å². The van der Waals surface area contributed by atoms with Crippen molar-refractivity contribution in [2.24, 2.45) is 10.8 Å². The monoisotopic (exact) mass is 755 g/mol. The Labute approximate surface area is 337 Å². The van der Waals surface area contributed by atoms with Crippen LogP contribution in [-0.4, -0.2) is 19.6 Å². The van der Waals surface area contributed by atoms with E-state index in [9.17, 15) is 0 Å². The van der Waals surface area contributed by atoms with Gasteiger partial charge in [0.1, 0.15) is 5.75 Å². The lowest BCUT2D eigenvalue weighted by molar-refractivity contribution is 0.398. The molecule has 0 bridgehead atoms. The van der Waals surface area contributed by atoms with Gasteiger partial charge in [0.25, 0.3) is 0 Å². The molecule has 0 saturated carbocycles. The first-order valence-electron chi connectivity index (χ1n) is 20.7. The van der Waals surface area contributed by atoms with Crippen LogP contribution in [0.15, 0.2) is 83.9 Å². The Hall–Kier alpha value is -3.49. The Morgan fingerprint density at radius 1 is 0.564 bits per heavy atom. The molecule has 0 amide bonds. The highest BCUT2D eigenvalue weighted by atomic mass is 32.3. The van der Waals surface area contributed by atoms with Gasteiger partial charge in [-0.05, 0) is 110 Å². The molecule has 2 unspecified atom stereocenters. The van der Waals surface area contributed by atoms with Crippen molar-refractivity contribution in [3.05, 3.63) is 123 Å². The van der Waals surface area contributed by atoms with Crippen molar-refractivity contribution in [3.8, 4) is 28.0 Å². The van der Waals surface area contributed by atoms with E-state index >= 15 is 0 Å². The number of fused-ring (bicyclic) bond motifs is 2. The lowest BCUT2D eigenvalue weighted by atomic mass is 9.77. The van der Waals surface area contributed by atoms with Crippen LogP contribution < -0.4 is 4.74 Å². The third-order valence-electron chi connectivity index (χ3n) is 11.7. The molecule has 0 saturated heterocycles. The average molecular weight is 755 g/mol. The van der Waals surface area contributed by atoms with E-state index in [0.717, 1.165) is 25.0 Å². The fourth-order valence-corrected chi connectivity index (χ4v) is 13.7. The number of ether oxygens (including phenoxy) is 1. The molecule has 2 heteroatoms. The largest absolute Gasteiger partial charge is 0.496 e. The topological polar surface area (TPSA) is 9.23 Å². The predicted molar refractivity (Wildman–Crippen MR) is 246 cm³/mol. The first-order valence-corrected chi connectivity index (χ1v) is 23.2. The first-order chi connectivity index (χ1) is 25.5. The summed E-state index contributed by atoms with van der Waals surface area (Å²) in [6, 6.07) is 27.6. The minimum absolute atomic E-state index is 0.0146. The molecule has 4 aromatic rings. The fourth-order valence-electron chi connectivity index (χ4n) is 9.84. The van der Waals surface area contributed by atoms with Crippen molar-refractivity contribution in [2.75, 3.05) is 19.6 Å². The maximum Gasteiger partial charge on any atom is 0.131 e. The van der Waals surface area contributed by atoms with Crippen molar-refractivity contribution in [1.29, 1.82) is 0 Å². The van der Waals surface area contributed by atoms with E-state index in [0.29, 0.717) is 10.5 Å². The van der Waals surface area contributed by atoms with Gasteiger partial charge in [0.2, 0.25) is 0 Å². The molecule has 2 aliphatic carbocycles. The van der Waals surface area contributed by atoms with Gasteiger partial charge >= 0.3 is 0 Å². The number of hydrogen-bond acceptors (Lipinski definition) is 1. The molecule has 2 aliphatic rings. The van der Waals surface area contributed by atoms with Gasteiger partial charge in [0.05, 0.1) is 7.11 Å². The van der Waals surface area contributed by atoms with E-state index < -0.39 is 10.0 Å². The van der Waals surface area contributed by atoms with E-state index in [1.165, 1.54) is 55.6 Å². The van der Waals surface area contributed by atoms with E-state index in [-0.39, 0.29) is 21.7 Å². The lowest BCUT2D eigenvalue weighted by Crippen LogP contribution is -2.23. The van der Waals surface area contributed by atoms with Gasteiger partial charge in [-0.15, -0.1) is 0 Å². The highest BCUT2D eigenvalue weighted by molar-refractivity contribution is 8.33. The van der Waals surface area contributed by atoms with Gasteiger partial charge in [-0.1, -0.05) is 180 Å². The van der Waals surface area contributed by atoms with Crippen LogP contribution >= 0.6 is 10.0 Å². The Balaban J connectivity index is 1.71. The van der Waals surface area contributed by atoms with Gasteiger partial charge in [0, 0.05) is 21.6 Å². The van der Waals surface area contributed by atoms with Crippen LogP contribution in [0, 0.1) is 10.8 Å². The molecule has 4 aromatic carbocycles. The standard InChI is InChI=1S/C53H70OS/c1-17-38-43(52(8,9)10)30-41-39(45(38)34-24-20-18-21-25-34)28-36(32-50(2,3)4)48(41)55(15,16)49-37(33-51(5,6)7)29-40-42(49)31-44(53(11,12)13)47(54-14)46(40)35-26-22-19-23-27-35/h18-31,48-49H,17,32-33H2,1-16H3. The Morgan fingerprint density at radius 3 is 1.35 bits per heavy atom. The molecule has 6 rings (SSSR count). The van der Waals surface area contributed by atoms with Crippen molar-refractivity contribution >= 4 is 22.2 Å². The third kappa shape index (κ3) is 7.92. The van der Waals surface area contributed by atoms with Crippen LogP contribution in [0.25, 0.3) is 34.4 Å². The van der Waals surface area contributed by atoms with Crippen LogP contribution in [0.5, 0.6) is 5.75 Å². The van der Waals surface area contributed by atoms with Gasteiger partial charge < -0.3 is 4.74 Å². The molecule has 0 fully saturated rings. The number of hydrogen-bond donors (Lipinski definition) is 0. The van der Waals surface area contributed by atoms with E-state index in [1.54, 1.807) is 16.7 Å². The zero-order chi connectivity index (χ0) is 40.5. The van der Waals surface area contributed by atoms with Crippen LogP contribution in [0.1, 0.15) is 152 Å². The predicted octanol–water partition coefficient (Wildman–Crippen LogP) is 15.7. The summed E-state index contributed by atoms with van der Waals surface area (Å²) >= 11 is 0. The zero-order valence-electron chi connectivity index (χ0n) is 37.2. The van der Waals surface area contributed by atoms with E-state index in [4.69, 9.17) is 4.74 Å². The Bertz CT molecular complexity index is 1960. The molecule has 0 N–H and O–H groups in total. The molecule has 0 aliphatic heterocycles. The quantitative estimate of drug-likeness (QED) is 0.174. The summed E-state index contributed by atoms with van der Waals surface area (Å²) in [5, 5.41) is 0.635. The molecule has 0 spiro atoms. The summed E-state index contributed by atoms with van der Waals surface area (Å²) in [6.07, 6.45) is 13.8. The fraction of sp³-hybridized carbons (Fsp3) is 0.472. The molecule has 0 radical (unpaired) electrons. The summed E-state index contributed by atoms with van der Waals surface area (Å²) < 4.78 is 6.45. The SMILES string of the molecule is CCc1c(C(C)(C)C)cc2c(c1-c1ccccc1)C=C(CC(C)(C)C)C2S(C)(C)C1C(CC(C)(C)C)=Cc2c1cc(C(C)(C)C)c(OC)c2-c1ccccc1. The Morgan fingerprint density at radius 2 is 0.964 bits per heavy atom. The molecule has 1 nitrogen and oxygen atoms in total. The summed E-state index contributed by atoms with van der Waals surface area (Å²) in [4.78, 5) is 0. The maximum absolute atomic E-state index is 6.45. The molecule has 0 aromatic heterocycles. The number of rotatable bonds is 8. The lowest BCUT2D eigenvalue weighted by Gasteiger charge is -2.48. The Kier molecular flexibility index (Phi) is 10.8. The van der Waals surface area contributed by atoms with Gasteiger partial charge in [-0.3, -0.25) is 0 Å². The summed E-state index contributed by atoms with van der Waals surface area (Å²) in [7, 11) is 0.419. The van der Waals surface area contributed by atoms with Gasteiger partial charge in [0.15, 0.2) is 0 Å². The van der Waals surface area contributed by atoms with Gasteiger partial charge in [-0.25, -0.2) is 10.0 Å². The molecule has 2 atom stereocenters. The van der Waals surface area contributed by atoms with Crippen molar-refractivity contribution in [1.82, 2.24) is 0 Å². The maximum atomic E-state index is 6.45. The van der Waals surface area contributed by atoms with E-state index in [1.807, 2.05) is 7.11 Å². The number of benzene rings is 4. The van der Waals surface area contributed by atoms with Crippen LogP contribution in [0.2, 0.25) is 0 Å². The minimum Gasteiger partial charge on any atom is -0.496 e. The van der Waals surface area contributed by atoms with Crippen molar-refractivity contribution in [3.63, 3.8) is 0 Å². The minimum atomic E-state index is -1.45. The van der Waals surface area contributed by atoms with Crippen LogP contribution in [0.3, 0.4) is 0 Å². The highest BCUT2D eigenvalue weighted by Gasteiger charge is 2.47. The molecular formula is C53H70OS. The second-order valence-corrected chi connectivity index (χ2v) is 25.3. The highest BCUT2D eigenvalue weighted by Crippen LogP contribution is 2.75. The summed E-state index contributed by atoms with van der Waals surface area (Å²) in [6.45, 7) is 31.2. The van der Waals surface area contributed by atoms with Crippen molar-refractivity contribution in [2.45, 2.75) is 131 Å². The second kappa shape index (κ2) is 14.5. The molecule has 55 heavy (non-hydrogen) atoms. The summed E-state index contributed by atoms with van der Waals surface area (Å²) in [5.74, 6) is 1.02. The molecule has 294 valence electrons. The number of methoxy groups -OCH3 is 1. The van der Waals surface area contributed by atoms with Crippen LogP contribution in [0.4, 0.5) is 0 Å². The van der Waals surface area contributed by atoms with Crippen molar-refractivity contribution < 1.29 is 4.74 Å². The molecular weight excluding hydrogens is 685 g/mol. The summed E-state index contributed by atoms with van der Waals surface area (Å²) in [5.41, 5.74) is 18.9. The van der Waals surface area contributed by atoms with Gasteiger partial charge in [-0.2, -0.15) is 0 Å². The van der Waals surface area contributed by atoms with Crippen LogP contribution in [-0.2, 0) is 17.3 Å².